The zero-order valence-electron chi connectivity index (χ0n) is 12.3. The van der Waals surface area contributed by atoms with Crippen LogP contribution in [-0.2, 0) is 30.2 Å². The number of sulfonamides is 1. The Labute approximate surface area is 124 Å². The Balaban J connectivity index is 2.29. The van der Waals surface area contributed by atoms with Gasteiger partial charge in [-0.25, -0.2) is 13.1 Å². The first-order chi connectivity index (χ1) is 9.85. The largest absolute Gasteiger partial charge is 0.392 e. The Kier molecular flexibility index (Phi) is 4.46. The molecule has 0 fully saturated rings. The van der Waals surface area contributed by atoms with E-state index in [1.165, 1.54) is 6.07 Å². The van der Waals surface area contributed by atoms with Crippen LogP contribution in [0.1, 0.15) is 22.4 Å². The number of aliphatic hydroxyl groups excluding tert-OH is 1. The molecule has 6 nitrogen and oxygen atoms in total. The Morgan fingerprint density at radius 2 is 2.00 bits per heavy atom. The number of aryl methyl sites for hydroxylation is 3. The van der Waals surface area contributed by atoms with Crippen LogP contribution in [0.25, 0.3) is 0 Å². The van der Waals surface area contributed by atoms with E-state index in [-0.39, 0.29) is 18.0 Å². The van der Waals surface area contributed by atoms with Crippen LogP contribution >= 0.6 is 0 Å². The highest BCUT2D eigenvalue weighted by Gasteiger charge is 2.18. The van der Waals surface area contributed by atoms with Gasteiger partial charge in [-0.1, -0.05) is 6.07 Å². The molecule has 0 radical (unpaired) electrons. The van der Waals surface area contributed by atoms with E-state index in [2.05, 4.69) is 9.82 Å². The maximum Gasteiger partial charge on any atom is 0.241 e. The lowest BCUT2D eigenvalue weighted by atomic mass is 10.1. The van der Waals surface area contributed by atoms with E-state index in [9.17, 15) is 13.5 Å². The molecule has 0 aliphatic rings. The van der Waals surface area contributed by atoms with Crippen molar-refractivity contribution in [3.8, 4) is 0 Å². The number of hydrogen-bond acceptors (Lipinski definition) is 4. The molecule has 114 valence electrons. The third-order valence-corrected chi connectivity index (χ3v) is 5.00. The normalized spacial score (nSPS) is 11.8. The number of aliphatic hydroxyl groups is 1. The maximum atomic E-state index is 12.4. The number of nitrogens with one attached hydrogen (secondary N) is 1. The molecule has 1 heterocycles. The Morgan fingerprint density at radius 3 is 2.57 bits per heavy atom. The summed E-state index contributed by atoms with van der Waals surface area (Å²) in [5, 5.41) is 13.3. The average Bonchev–Trinajstić information content (AvgIpc) is 2.82. The summed E-state index contributed by atoms with van der Waals surface area (Å²) in [4.78, 5) is 0.194. The second-order valence-corrected chi connectivity index (χ2v) is 6.71. The topological polar surface area (TPSA) is 84.2 Å². The van der Waals surface area contributed by atoms with Gasteiger partial charge in [0.25, 0.3) is 0 Å². The van der Waals surface area contributed by atoms with Crippen molar-refractivity contribution < 1.29 is 13.5 Å². The molecule has 2 aromatic rings. The van der Waals surface area contributed by atoms with Crippen LogP contribution in [0.3, 0.4) is 0 Å². The van der Waals surface area contributed by atoms with Crippen LogP contribution < -0.4 is 4.72 Å². The van der Waals surface area contributed by atoms with Gasteiger partial charge in [0.1, 0.15) is 0 Å². The number of rotatable bonds is 5. The fourth-order valence-electron chi connectivity index (χ4n) is 2.16. The van der Waals surface area contributed by atoms with Crippen molar-refractivity contribution in [3.05, 3.63) is 46.8 Å². The first kappa shape index (κ1) is 15.7. The Bertz CT molecular complexity index is 751. The smallest absolute Gasteiger partial charge is 0.241 e. The summed E-state index contributed by atoms with van der Waals surface area (Å²) in [5.41, 5.74) is 2.91. The molecule has 0 aliphatic heterocycles. The molecule has 1 aromatic heterocycles. The molecule has 0 saturated heterocycles. The van der Waals surface area contributed by atoms with E-state index in [0.29, 0.717) is 11.1 Å². The van der Waals surface area contributed by atoms with Gasteiger partial charge in [-0.05, 0) is 42.7 Å². The standard InChI is InChI=1S/C14H19N3O3S/c1-10-6-11(2)14(7-12(10)9-18)21(19,20)16-8-13-4-5-15-17(13)3/h4-7,16,18H,8-9H2,1-3H3. The molecule has 0 amide bonds. The quantitative estimate of drug-likeness (QED) is 0.863. The van der Waals surface area contributed by atoms with Gasteiger partial charge in [0, 0.05) is 13.2 Å². The first-order valence-corrected chi connectivity index (χ1v) is 8.01. The summed E-state index contributed by atoms with van der Waals surface area (Å²) in [6.07, 6.45) is 1.62. The predicted octanol–water partition coefficient (Wildman–Crippen LogP) is 1.01. The van der Waals surface area contributed by atoms with Crippen LogP contribution in [-0.4, -0.2) is 23.3 Å². The van der Waals surface area contributed by atoms with Crippen molar-refractivity contribution in [2.45, 2.75) is 31.9 Å². The van der Waals surface area contributed by atoms with Gasteiger partial charge in [-0.2, -0.15) is 5.10 Å². The third kappa shape index (κ3) is 3.31. The molecule has 0 aliphatic carbocycles. The van der Waals surface area contributed by atoms with E-state index < -0.39 is 10.0 Å². The summed E-state index contributed by atoms with van der Waals surface area (Å²) < 4.78 is 29.0. The minimum Gasteiger partial charge on any atom is -0.392 e. The van der Waals surface area contributed by atoms with Gasteiger partial charge < -0.3 is 5.11 Å². The predicted molar refractivity (Wildman–Crippen MR) is 79.1 cm³/mol. The number of nitrogens with zero attached hydrogens (tertiary/aromatic N) is 2. The fraction of sp³-hybridized carbons (Fsp3) is 0.357. The molecule has 2 N–H and O–H groups in total. The highest BCUT2D eigenvalue weighted by Crippen LogP contribution is 2.20. The van der Waals surface area contributed by atoms with E-state index >= 15 is 0 Å². The maximum absolute atomic E-state index is 12.4. The minimum atomic E-state index is -3.64. The monoisotopic (exact) mass is 309 g/mol. The zero-order valence-corrected chi connectivity index (χ0v) is 13.1. The van der Waals surface area contributed by atoms with Crippen molar-refractivity contribution in [3.63, 3.8) is 0 Å². The van der Waals surface area contributed by atoms with Crippen molar-refractivity contribution in [1.82, 2.24) is 14.5 Å². The van der Waals surface area contributed by atoms with Crippen LogP contribution in [0.5, 0.6) is 0 Å². The molecule has 7 heteroatoms. The van der Waals surface area contributed by atoms with Crippen molar-refractivity contribution in [2.75, 3.05) is 0 Å². The van der Waals surface area contributed by atoms with E-state index in [1.54, 1.807) is 37.0 Å². The highest BCUT2D eigenvalue weighted by atomic mass is 32.2. The van der Waals surface area contributed by atoms with Crippen molar-refractivity contribution >= 4 is 10.0 Å². The molecule has 2 rings (SSSR count). The van der Waals surface area contributed by atoms with Gasteiger partial charge in [0.05, 0.1) is 23.7 Å². The lowest BCUT2D eigenvalue weighted by Crippen LogP contribution is -2.25. The molecular weight excluding hydrogens is 290 g/mol. The van der Waals surface area contributed by atoms with Crippen LogP contribution in [0.4, 0.5) is 0 Å². The summed E-state index contributed by atoms with van der Waals surface area (Å²) in [6.45, 7) is 3.57. The lowest BCUT2D eigenvalue weighted by Gasteiger charge is -2.12. The van der Waals surface area contributed by atoms with Crippen LogP contribution in [0.2, 0.25) is 0 Å². The molecule has 0 spiro atoms. The SMILES string of the molecule is Cc1cc(C)c(S(=O)(=O)NCc2ccnn2C)cc1CO. The molecule has 21 heavy (non-hydrogen) atoms. The fourth-order valence-corrected chi connectivity index (χ4v) is 3.43. The molecule has 1 aromatic carbocycles. The molecule has 0 unspecified atom stereocenters. The summed E-state index contributed by atoms with van der Waals surface area (Å²) in [7, 11) is -1.88. The van der Waals surface area contributed by atoms with Gasteiger partial charge in [0.2, 0.25) is 10.0 Å². The van der Waals surface area contributed by atoms with Gasteiger partial charge >= 0.3 is 0 Å². The zero-order chi connectivity index (χ0) is 15.6. The van der Waals surface area contributed by atoms with E-state index in [4.69, 9.17) is 0 Å². The Morgan fingerprint density at radius 1 is 1.29 bits per heavy atom. The van der Waals surface area contributed by atoms with Crippen molar-refractivity contribution in [1.29, 1.82) is 0 Å². The number of aromatic nitrogens is 2. The molecule has 0 saturated carbocycles. The third-order valence-electron chi connectivity index (χ3n) is 3.46. The second kappa shape index (κ2) is 5.97. The highest BCUT2D eigenvalue weighted by molar-refractivity contribution is 7.89. The summed E-state index contributed by atoms with van der Waals surface area (Å²) in [6, 6.07) is 5.05. The molecule has 0 bridgehead atoms. The number of benzene rings is 1. The second-order valence-electron chi connectivity index (χ2n) is 4.97. The van der Waals surface area contributed by atoms with Gasteiger partial charge in [-0.15, -0.1) is 0 Å². The van der Waals surface area contributed by atoms with E-state index in [0.717, 1.165) is 11.3 Å². The first-order valence-electron chi connectivity index (χ1n) is 6.52. The van der Waals surface area contributed by atoms with Crippen LogP contribution in [0.15, 0.2) is 29.3 Å². The van der Waals surface area contributed by atoms with E-state index in [1.807, 2.05) is 6.92 Å². The molecule has 0 atom stereocenters. The summed E-state index contributed by atoms with van der Waals surface area (Å²) >= 11 is 0. The van der Waals surface area contributed by atoms with Crippen molar-refractivity contribution in [2.24, 2.45) is 7.05 Å². The van der Waals surface area contributed by atoms with Gasteiger partial charge in [-0.3, -0.25) is 4.68 Å². The molecular formula is C14H19N3O3S. The van der Waals surface area contributed by atoms with Gasteiger partial charge in [0.15, 0.2) is 0 Å². The average molecular weight is 309 g/mol. The minimum absolute atomic E-state index is 0.167. The summed E-state index contributed by atoms with van der Waals surface area (Å²) in [5.74, 6) is 0. The lowest BCUT2D eigenvalue weighted by molar-refractivity contribution is 0.280. The Hall–Kier alpha value is -1.70. The number of hydrogen-bond donors (Lipinski definition) is 2. The van der Waals surface area contributed by atoms with Crippen LogP contribution in [0, 0.1) is 13.8 Å².